The van der Waals surface area contributed by atoms with Crippen LogP contribution in [0.4, 0.5) is 0 Å². The zero-order valence-corrected chi connectivity index (χ0v) is 11.1. The SMILES string of the molecule is O=Cc1cc(=O)[nH]cc1-c1ccc(Cl)c(Cl)c1Cl. The number of rotatable bonds is 2. The molecule has 0 unspecified atom stereocenters. The summed E-state index contributed by atoms with van der Waals surface area (Å²) in [6.07, 6.45) is 2.00. The third kappa shape index (κ3) is 2.29. The van der Waals surface area contributed by atoms with E-state index in [1.165, 1.54) is 12.3 Å². The van der Waals surface area contributed by atoms with E-state index in [2.05, 4.69) is 4.98 Å². The first-order valence-electron chi connectivity index (χ1n) is 4.86. The predicted octanol–water partition coefficient (Wildman–Crippen LogP) is 3.81. The lowest BCUT2D eigenvalue weighted by Gasteiger charge is -2.09. The standard InChI is InChI=1S/C12H6Cl3NO2/c13-9-2-1-7(11(14)12(9)15)8-4-16-10(18)3-6(8)5-17/h1-5H,(H,16,18). The van der Waals surface area contributed by atoms with Crippen LogP contribution in [0.1, 0.15) is 10.4 Å². The van der Waals surface area contributed by atoms with Crippen LogP contribution in [0.25, 0.3) is 11.1 Å². The largest absolute Gasteiger partial charge is 0.328 e. The second-order valence-corrected chi connectivity index (χ2v) is 4.67. The van der Waals surface area contributed by atoms with Crippen LogP contribution in [-0.2, 0) is 0 Å². The highest BCUT2D eigenvalue weighted by atomic mass is 35.5. The highest BCUT2D eigenvalue weighted by molar-refractivity contribution is 6.49. The average Bonchev–Trinajstić information content (AvgIpc) is 2.37. The molecule has 92 valence electrons. The van der Waals surface area contributed by atoms with Gasteiger partial charge in [0.25, 0.3) is 0 Å². The van der Waals surface area contributed by atoms with E-state index in [9.17, 15) is 9.59 Å². The van der Waals surface area contributed by atoms with Gasteiger partial charge in [-0.1, -0.05) is 40.9 Å². The molecule has 1 heterocycles. The first-order valence-corrected chi connectivity index (χ1v) is 5.99. The first-order chi connectivity index (χ1) is 8.54. The van der Waals surface area contributed by atoms with E-state index in [4.69, 9.17) is 34.8 Å². The molecule has 0 aliphatic heterocycles. The molecular weight excluding hydrogens is 296 g/mol. The molecule has 6 heteroatoms. The van der Waals surface area contributed by atoms with Crippen LogP contribution in [0.2, 0.25) is 15.1 Å². The van der Waals surface area contributed by atoms with Crippen molar-refractivity contribution in [3.63, 3.8) is 0 Å². The monoisotopic (exact) mass is 301 g/mol. The molecule has 1 aromatic heterocycles. The number of hydrogen-bond donors (Lipinski definition) is 1. The van der Waals surface area contributed by atoms with Crippen molar-refractivity contribution in [2.24, 2.45) is 0 Å². The van der Waals surface area contributed by atoms with E-state index in [0.717, 1.165) is 0 Å². The van der Waals surface area contributed by atoms with Gasteiger partial charge in [0.1, 0.15) is 0 Å². The zero-order chi connectivity index (χ0) is 13.3. The van der Waals surface area contributed by atoms with Gasteiger partial charge in [-0.2, -0.15) is 0 Å². The van der Waals surface area contributed by atoms with E-state index < -0.39 is 0 Å². The van der Waals surface area contributed by atoms with Gasteiger partial charge in [-0.25, -0.2) is 0 Å². The van der Waals surface area contributed by atoms with Crippen molar-refractivity contribution < 1.29 is 4.79 Å². The molecule has 0 fully saturated rings. The summed E-state index contributed by atoms with van der Waals surface area (Å²) in [5.74, 6) is 0. The fourth-order valence-corrected chi connectivity index (χ4v) is 2.19. The summed E-state index contributed by atoms with van der Waals surface area (Å²) in [5, 5.41) is 0.765. The fourth-order valence-electron chi connectivity index (χ4n) is 1.55. The third-order valence-corrected chi connectivity index (χ3v) is 3.70. The number of halogens is 3. The predicted molar refractivity (Wildman–Crippen MR) is 72.9 cm³/mol. The Bertz CT molecular complexity index is 680. The van der Waals surface area contributed by atoms with Gasteiger partial charge in [0.15, 0.2) is 6.29 Å². The Morgan fingerprint density at radius 1 is 1.06 bits per heavy atom. The van der Waals surface area contributed by atoms with Gasteiger partial charge < -0.3 is 4.98 Å². The van der Waals surface area contributed by atoms with E-state index in [-0.39, 0.29) is 21.2 Å². The molecule has 0 spiro atoms. The lowest BCUT2D eigenvalue weighted by atomic mass is 10.0. The van der Waals surface area contributed by atoms with Crippen LogP contribution in [0.5, 0.6) is 0 Å². The van der Waals surface area contributed by atoms with Gasteiger partial charge in [-0.15, -0.1) is 0 Å². The van der Waals surface area contributed by atoms with E-state index in [0.29, 0.717) is 22.4 Å². The number of aromatic amines is 1. The highest BCUT2D eigenvalue weighted by Gasteiger charge is 2.13. The van der Waals surface area contributed by atoms with Crippen LogP contribution in [0.15, 0.2) is 29.2 Å². The summed E-state index contributed by atoms with van der Waals surface area (Å²) in [6.45, 7) is 0. The number of carbonyl (C=O) groups is 1. The number of pyridine rings is 1. The molecule has 2 rings (SSSR count). The number of hydrogen-bond acceptors (Lipinski definition) is 2. The van der Waals surface area contributed by atoms with Gasteiger partial charge in [0.2, 0.25) is 5.56 Å². The molecule has 0 radical (unpaired) electrons. The Morgan fingerprint density at radius 2 is 1.78 bits per heavy atom. The zero-order valence-electron chi connectivity index (χ0n) is 8.84. The van der Waals surface area contributed by atoms with Crippen molar-refractivity contribution >= 4 is 41.1 Å². The molecule has 1 N–H and O–H groups in total. The summed E-state index contributed by atoms with van der Waals surface area (Å²) in [5.41, 5.74) is 0.897. The van der Waals surface area contributed by atoms with E-state index in [1.807, 2.05) is 0 Å². The van der Waals surface area contributed by atoms with Crippen molar-refractivity contribution in [3.05, 3.63) is 55.4 Å². The molecule has 0 aliphatic carbocycles. The second kappa shape index (κ2) is 5.14. The normalized spacial score (nSPS) is 10.4. The number of benzene rings is 1. The summed E-state index contributed by atoms with van der Waals surface area (Å²) in [6, 6.07) is 4.41. The van der Waals surface area contributed by atoms with Crippen molar-refractivity contribution in [3.8, 4) is 11.1 Å². The molecule has 1 aromatic carbocycles. The molecule has 0 amide bonds. The third-order valence-electron chi connectivity index (χ3n) is 2.41. The smallest absolute Gasteiger partial charge is 0.248 e. The number of nitrogens with one attached hydrogen (secondary N) is 1. The maximum Gasteiger partial charge on any atom is 0.248 e. The molecule has 18 heavy (non-hydrogen) atoms. The molecule has 0 saturated carbocycles. The average molecular weight is 303 g/mol. The second-order valence-electron chi connectivity index (χ2n) is 3.51. The first kappa shape index (κ1) is 13.1. The van der Waals surface area contributed by atoms with Gasteiger partial charge in [0.05, 0.1) is 15.1 Å². The minimum Gasteiger partial charge on any atom is -0.328 e. The van der Waals surface area contributed by atoms with Crippen molar-refractivity contribution in [2.75, 3.05) is 0 Å². The van der Waals surface area contributed by atoms with Crippen LogP contribution in [0.3, 0.4) is 0 Å². The van der Waals surface area contributed by atoms with Crippen LogP contribution < -0.4 is 5.56 Å². The minimum atomic E-state index is -0.364. The lowest BCUT2D eigenvalue weighted by molar-refractivity contribution is 0.112. The summed E-state index contributed by atoms with van der Waals surface area (Å²) >= 11 is 17.8. The maximum atomic E-state index is 11.1. The summed E-state index contributed by atoms with van der Waals surface area (Å²) < 4.78 is 0. The molecular formula is C12H6Cl3NO2. The Hall–Kier alpha value is -1.29. The van der Waals surface area contributed by atoms with Gasteiger partial charge >= 0.3 is 0 Å². The molecule has 0 bridgehead atoms. The van der Waals surface area contributed by atoms with Crippen molar-refractivity contribution in [1.29, 1.82) is 0 Å². The molecule has 3 nitrogen and oxygen atoms in total. The van der Waals surface area contributed by atoms with Crippen molar-refractivity contribution in [1.82, 2.24) is 4.98 Å². The topological polar surface area (TPSA) is 49.9 Å². The molecule has 0 saturated heterocycles. The number of H-pyrrole nitrogens is 1. The van der Waals surface area contributed by atoms with E-state index >= 15 is 0 Å². The lowest BCUT2D eigenvalue weighted by Crippen LogP contribution is -2.06. The van der Waals surface area contributed by atoms with Gasteiger partial charge in [-0.3, -0.25) is 9.59 Å². The van der Waals surface area contributed by atoms with Crippen LogP contribution >= 0.6 is 34.8 Å². The molecule has 0 aliphatic rings. The Balaban J connectivity index is 2.73. The van der Waals surface area contributed by atoms with Crippen molar-refractivity contribution in [2.45, 2.75) is 0 Å². The van der Waals surface area contributed by atoms with Crippen LogP contribution in [-0.4, -0.2) is 11.3 Å². The summed E-state index contributed by atoms with van der Waals surface area (Å²) in [7, 11) is 0. The fraction of sp³-hybridized carbons (Fsp3) is 0. The van der Waals surface area contributed by atoms with Crippen LogP contribution in [0, 0.1) is 0 Å². The maximum absolute atomic E-state index is 11.1. The summed E-state index contributed by atoms with van der Waals surface area (Å²) in [4.78, 5) is 24.6. The Morgan fingerprint density at radius 3 is 2.44 bits per heavy atom. The van der Waals surface area contributed by atoms with E-state index in [1.54, 1.807) is 12.1 Å². The number of carbonyl (C=O) groups excluding carboxylic acids is 1. The molecule has 0 atom stereocenters. The number of aldehydes is 1. The molecule has 2 aromatic rings. The van der Waals surface area contributed by atoms with Gasteiger partial charge in [0, 0.05) is 29.0 Å². The number of aromatic nitrogens is 1. The highest BCUT2D eigenvalue weighted by Crippen LogP contribution is 2.38. The minimum absolute atomic E-state index is 0.207. The Labute approximate surface area is 117 Å². The van der Waals surface area contributed by atoms with Gasteiger partial charge in [-0.05, 0) is 6.07 Å². The Kier molecular flexibility index (Phi) is 3.76. The quantitative estimate of drug-likeness (QED) is 0.677.